The molecule has 2 aromatic heterocycles. The molecule has 4 heterocycles. The van der Waals surface area contributed by atoms with E-state index in [1.165, 1.54) is 28.5 Å². The number of benzene rings is 1. The number of alkyl halides is 1. The van der Waals surface area contributed by atoms with Crippen molar-refractivity contribution < 1.29 is 23.1 Å². The number of nitrogens with zero attached hydrogens (tertiary/aromatic N) is 3. The van der Waals surface area contributed by atoms with Gasteiger partial charge >= 0.3 is 0 Å². The van der Waals surface area contributed by atoms with E-state index < -0.39 is 28.9 Å². The largest absolute Gasteiger partial charge is 0.370 e. The van der Waals surface area contributed by atoms with E-state index in [2.05, 4.69) is 20.9 Å². The lowest BCUT2D eigenvalue weighted by Gasteiger charge is -2.42. The van der Waals surface area contributed by atoms with Crippen LogP contribution in [0.25, 0.3) is 11.1 Å². The fraction of sp³-hybridized carbons (Fsp3) is 0.419. The molecule has 44 heavy (non-hydrogen) atoms. The van der Waals surface area contributed by atoms with E-state index in [4.69, 9.17) is 4.74 Å². The Kier molecular flexibility index (Phi) is 9.10. The van der Waals surface area contributed by atoms with Crippen LogP contribution in [-0.2, 0) is 18.3 Å². The van der Waals surface area contributed by atoms with Gasteiger partial charge in [-0.2, -0.15) is 0 Å². The number of hydrogen-bond acceptors (Lipinski definition) is 8. The van der Waals surface area contributed by atoms with Gasteiger partial charge in [0.15, 0.2) is 0 Å². The Bertz CT molecular complexity index is 1640. The van der Waals surface area contributed by atoms with Crippen LogP contribution in [0.4, 0.5) is 20.4 Å². The third kappa shape index (κ3) is 7.28. The zero-order valence-corrected chi connectivity index (χ0v) is 26.1. The molecule has 0 spiro atoms. The molecule has 0 saturated carbocycles. The maximum Gasteiger partial charge on any atom is 0.263 e. The van der Waals surface area contributed by atoms with Crippen LogP contribution in [0, 0.1) is 5.82 Å². The van der Waals surface area contributed by atoms with Crippen LogP contribution in [0.15, 0.2) is 47.4 Å². The lowest BCUT2D eigenvalue weighted by molar-refractivity contribution is -0.00783. The number of pyridine rings is 2. The lowest BCUT2D eigenvalue weighted by atomic mass is 9.94. The van der Waals surface area contributed by atoms with Gasteiger partial charge in [-0.3, -0.25) is 14.4 Å². The molecular formula is C31H36F2N6O4S. The van der Waals surface area contributed by atoms with E-state index in [1.807, 2.05) is 13.8 Å². The van der Waals surface area contributed by atoms with Gasteiger partial charge in [0.25, 0.3) is 17.4 Å². The first-order chi connectivity index (χ1) is 20.8. The van der Waals surface area contributed by atoms with Crippen molar-refractivity contribution in [1.82, 2.24) is 19.8 Å². The summed E-state index contributed by atoms with van der Waals surface area (Å²) >= 11 is 1.73. The second kappa shape index (κ2) is 12.7. The maximum atomic E-state index is 14.3. The lowest BCUT2D eigenvalue weighted by Crippen LogP contribution is -2.59. The number of amides is 2. The SMILES string of the molecule is COC1SC1CNCc1cc(C(=O)Nc2cc(-c3ccc(F)cc3C(=O)N3CC(C)(F)C3)cc(NC(C)C)n2)c(=O)n(C)c1. The molecule has 2 aliphatic heterocycles. The number of aromatic nitrogens is 2. The zero-order valence-electron chi connectivity index (χ0n) is 25.2. The highest BCUT2D eigenvalue weighted by Gasteiger charge is 2.42. The summed E-state index contributed by atoms with van der Waals surface area (Å²) in [7, 11) is 3.26. The smallest absolute Gasteiger partial charge is 0.263 e. The highest BCUT2D eigenvalue weighted by molar-refractivity contribution is 8.07. The third-order valence-electron chi connectivity index (χ3n) is 7.28. The molecule has 1 aromatic carbocycles. The number of carbonyl (C=O) groups is 2. The molecule has 3 N–H and O–H groups in total. The number of aryl methyl sites for hydroxylation is 1. The van der Waals surface area contributed by atoms with E-state index in [0.29, 0.717) is 28.7 Å². The number of halogens is 2. The summed E-state index contributed by atoms with van der Waals surface area (Å²) < 4.78 is 35.2. The molecule has 2 aliphatic rings. The molecule has 10 nitrogen and oxygen atoms in total. The Morgan fingerprint density at radius 1 is 1.16 bits per heavy atom. The second-order valence-corrected chi connectivity index (χ2v) is 13.1. The Hall–Kier alpha value is -3.81. The molecule has 234 valence electrons. The number of thioether (sulfide) groups is 1. The number of carbonyl (C=O) groups excluding carboxylic acids is 2. The minimum absolute atomic E-state index is 0.0244. The number of nitrogens with one attached hydrogen (secondary N) is 3. The van der Waals surface area contributed by atoms with Gasteiger partial charge in [-0.25, -0.2) is 13.8 Å². The monoisotopic (exact) mass is 626 g/mol. The van der Waals surface area contributed by atoms with Crippen LogP contribution >= 0.6 is 11.8 Å². The van der Waals surface area contributed by atoms with Gasteiger partial charge in [-0.05, 0) is 67.8 Å². The Morgan fingerprint density at radius 3 is 2.55 bits per heavy atom. The van der Waals surface area contributed by atoms with Gasteiger partial charge in [-0.1, -0.05) is 6.07 Å². The normalized spacial score (nSPS) is 18.6. The minimum Gasteiger partial charge on any atom is -0.370 e. The van der Waals surface area contributed by atoms with Crippen molar-refractivity contribution in [1.29, 1.82) is 0 Å². The average Bonchev–Trinajstić information content (AvgIpc) is 3.71. The summed E-state index contributed by atoms with van der Waals surface area (Å²) in [6, 6.07) is 8.60. The first-order valence-electron chi connectivity index (χ1n) is 14.3. The number of anilines is 2. The molecule has 0 aliphatic carbocycles. The highest BCUT2D eigenvalue weighted by Crippen LogP contribution is 2.41. The summed E-state index contributed by atoms with van der Waals surface area (Å²) in [6.45, 7) is 6.25. The van der Waals surface area contributed by atoms with E-state index in [9.17, 15) is 23.2 Å². The minimum atomic E-state index is -1.49. The molecule has 2 unspecified atom stereocenters. The third-order valence-corrected chi connectivity index (χ3v) is 8.52. The van der Waals surface area contributed by atoms with Crippen molar-refractivity contribution in [3.63, 3.8) is 0 Å². The second-order valence-electron chi connectivity index (χ2n) is 11.7. The van der Waals surface area contributed by atoms with Gasteiger partial charge in [0.05, 0.1) is 23.9 Å². The number of likely N-dealkylation sites (tertiary alicyclic amines) is 1. The van der Waals surface area contributed by atoms with Gasteiger partial charge in [0.2, 0.25) is 0 Å². The predicted molar refractivity (Wildman–Crippen MR) is 167 cm³/mol. The average molecular weight is 627 g/mol. The van der Waals surface area contributed by atoms with Crippen molar-refractivity contribution in [2.24, 2.45) is 7.05 Å². The molecule has 5 rings (SSSR count). The molecule has 0 radical (unpaired) electrons. The summed E-state index contributed by atoms with van der Waals surface area (Å²) in [6.07, 6.45) is 1.68. The fourth-order valence-corrected chi connectivity index (χ4v) is 5.98. The molecule has 2 amide bonds. The van der Waals surface area contributed by atoms with Gasteiger partial charge in [0, 0.05) is 39.5 Å². The Morgan fingerprint density at radius 2 is 1.89 bits per heavy atom. The Labute approximate surface area is 258 Å². The topological polar surface area (TPSA) is 118 Å². The van der Waals surface area contributed by atoms with Gasteiger partial charge in [-0.15, -0.1) is 11.8 Å². The van der Waals surface area contributed by atoms with Crippen LogP contribution in [0.3, 0.4) is 0 Å². The maximum absolute atomic E-state index is 14.3. The zero-order chi connectivity index (χ0) is 31.8. The van der Waals surface area contributed by atoms with Crippen LogP contribution in [-0.4, -0.2) is 75.4 Å². The highest BCUT2D eigenvalue weighted by atomic mass is 32.2. The molecule has 13 heteroatoms. The predicted octanol–water partition coefficient (Wildman–Crippen LogP) is 4.02. The van der Waals surface area contributed by atoms with E-state index in [0.717, 1.165) is 18.2 Å². The standard InChI is InChI=1S/C31H36F2N6O4S/c1-17(2)35-25-9-19(21-7-6-20(32)11-22(21)29(42)39-15-31(3,33)16-39)10-26(36-25)37-27(40)23-8-18(14-38(4)28(23)41)12-34-13-24-30(43-5)44-24/h6-11,14,17,24,30,34H,12-13,15-16H2,1-5H3,(H2,35,36,37,40). The van der Waals surface area contributed by atoms with E-state index >= 15 is 0 Å². The fourth-order valence-electron chi connectivity index (χ4n) is 5.19. The summed E-state index contributed by atoms with van der Waals surface area (Å²) in [5, 5.41) is 9.62. The number of hydrogen-bond donors (Lipinski definition) is 3. The van der Waals surface area contributed by atoms with Crippen molar-refractivity contribution in [3.05, 3.63) is 75.5 Å². The summed E-state index contributed by atoms with van der Waals surface area (Å²) in [5.41, 5.74) is -0.142. The van der Waals surface area contributed by atoms with Crippen LogP contribution in [0.5, 0.6) is 0 Å². The van der Waals surface area contributed by atoms with Crippen molar-refractivity contribution >= 4 is 35.2 Å². The molecule has 2 saturated heterocycles. The van der Waals surface area contributed by atoms with Crippen molar-refractivity contribution in [2.45, 2.75) is 49.7 Å². The molecule has 0 bridgehead atoms. The van der Waals surface area contributed by atoms with Crippen molar-refractivity contribution in [2.75, 3.05) is 37.4 Å². The summed E-state index contributed by atoms with van der Waals surface area (Å²) in [4.78, 5) is 45.5. The quantitative estimate of drug-likeness (QED) is 0.274. The summed E-state index contributed by atoms with van der Waals surface area (Å²) in [5.74, 6) is -1.23. The van der Waals surface area contributed by atoms with Gasteiger partial charge in [0.1, 0.15) is 34.1 Å². The molecule has 2 atom stereocenters. The molecule has 3 aromatic rings. The van der Waals surface area contributed by atoms with Crippen LogP contribution in [0.1, 0.15) is 47.1 Å². The van der Waals surface area contributed by atoms with Crippen molar-refractivity contribution in [3.8, 4) is 11.1 Å². The van der Waals surface area contributed by atoms with E-state index in [-0.39, 0.29) is 41.5 Å². The first kappa shape index (κ1) is 31.6. The first-order valence-corrected chi connectivity index (χ1v) is 15.2. The molecule has 2 fully saturated rings. The van der Waals surface area contributed by atoms with E-state index in [1.54, 1.807) is 50.3 Å². The molecular weight excluding hydrogens is 590 g/mol. The Balaban J connectivity index is 1.42. The number of ether oxygens (including phenoxy) is 1. The van der Waals surface area contributed by atoms with Gasteiger partial charge < -0.3 is 30.2 Å². The van der Waals surface area contributed by atoms with Crippen LogP contribution < -0.4 is 21.5 Å². The number of methoxy groups -OCH3 is 1. The number of rotatable bonds is 11. The van der Waals surface area contributed by atoms with Crippen LogP contribution in [0.2, 0.25) is 0 Å².